The monoisotopic (exact) mass is 679 g/mol. The molecule has 9 nitrogen and oxygen atoms in total. The Morgan fingerprint density at radius 2 is 0.980 bits per heavy atom. The van der Waals surface area contributed by atoms with Crippen LogP contribution in [-0.2, 0) is 9.57 Å². The number of benzene rings is 5. The quantitative estimate of drug-likeness (QED) is 0.0769. The molecule has 1 atom stereocenters. The summed E-state index contributed by atoms with van der Waals surface area (Å²) < 4.78 is 20.0. The average molecular weight is 680 g/mol. The van der Waals surface area contributed by atoms with Gasteiger partial charge in [-0.25, -0.2) is 4.84 Å². The highest BCUT2D eigenvalue weighted by Gasteiger charge is 2.41. The number of nitrogens with zero attached hydrogens (tertiary/aromatic N) is 2. The zero-order valence-corrected chi connectivity index (χ0v) is 27.7. The third-order valence-electron chi connectivity index (χ3n) is 8.56. The lowest BCUT2D eigenvalue weighted by molar-refractivity contribution is -0.911. The minimum absolute atomic E-state index is 0.120. The van der Waals surface area contributed by atoms with Gasteiger partial charge in [0.2, 0.25) is 5.75 Å². The minimum Gasteiger partial charge on any atom is -0.477 e. The number of methoxy groups -OCH3 is 1. The van der Waals surface area contributed by atoms with Crippen LogP contribution in [0.2, 0.25) is 0 Å². The maximum absolute atomic E-state index is 13.3. The van der Waals surface area contributed by atoms with Gasteiger partial charge < -0.3 is 14.2 Å². The first-order valence-electron chi connectivity index (χ1n) is 16.5. The highest BCUT2D eigenvalue weighted by molar-refractivity contribution is 6.20. The summed E-state index contributed by atoms with van der Waals surface area (Å²) in [5.41, 5.74) is 4.14. The Morgan fingerprint density at radius 3 is 1.39 bits per heavy atom. The molecule has 0 saturated heterocycles. The number of hydroxylamine groups is 2. The second-order valence-corrected chi connectivity index (χ2v) is 11.9. The summed E-state index contributed by atoms with van der Waals surface area (Å²) in [4.78, 5) is 32.6. The summed E-state index contributed by atoms with van der Waals surface area (Å²) in [6.45, 7) is -0.120. The molecule has 0 aliphatic carbocycles. The van der Waals surface area contributed by atoms with E-state index in [4.69, 9.17) is 19.0 Å². The summed E-state index contributed by atoms with van der Waals surface area (Å²) in [6, 6.07) is 47.1. The van der Waals surface area contributed by atoms with E-state index in [-0.39, 0.29) is 34.9 Å². The van der Waals surface area contributed by atoms with Crippen LogP contribution in [0.15, 0.2) is 158 Å². The molecule has 51 heavy (non-hydrogen) atoms. The van der Waals surface area contributed by atoms with Crippen molar-refractivity contribution in [3.05, 3.63) is 197 Å². The Balaban J connectivity index is 1.33. The van der Waals surface area contributed by atoms with Crippen LogP contribution in [0.25, 0.3) is 0 Å². The van der Waals surface area contributed by atoms with Crippen LogP contribution in [0.4, 0.5) is 0 Å². The smallest absolute Gasteiger partial charge is 0.285 e. The van der Waals surface area contributed by atoms with Gasteiger partial charge in [-0.15, -0.1) is 5.06 Å². The molecule has 254 valence electrons. The van der Waals surface area contributed by atoms with Gasteiger partial charge in [0.15, 0.2) is 11.9 Å². The number of amides is 2. The summed E-state index contributed by atoms with van der Waals surface area (Å²) in [7, 11) is 1.46. The molecule has 0 bridgehead atoms. The van der Waals surface area contributed by atoms with E-state index in [1.165, 1.54) is 13.3 Å². The van der Waals surface area contributed by atoms with E-state index in [9.17, 15) is 14.8 Å². The lowest BCUT2D eigenvalue weighted by Crippen LogP contribution is -2.41. The third kappa shape index (κ3) is 7.07. The van der Waals surface area contributed by atoms with Crippen molar-refractivity contribution in [1.29, 1.82) is 0 Å². The first kappa shape index (κ1) is 33.2. The Kier molecular flexibility index (Phi) is 9.82. The molecule has 1 aliphatic heterocycles. The van der Waals surface area contributed by atoms with Crippen molar-refractivity contribution >= 4 is 11.8 Å². The molecule has 5 aromatic carbocycles. The van der Waals surface area contributed by atoms with Crippen LogP contribution in [0.3, 0.4) is 0 Å². The highest BCUT2D eigenvalue weighted by atomic mass is 16.7. The standard InChI is InChI=1S/C42H35N2O7/c1-48-28-38(51-44-41(45)33-24-14-15-25-34(33)42(44)46)35-26-36(49-39(29-16-6-2-7-17-29)30-18-8-3-9-19-30)37(27-43(35)47)50-40(31-20-10-4-11-21-31)32-22-12-5-13-23-32/h2-27,38-40,47H,28H2,1H3/q+1. The van der Waals surface area contributed by atoms with Crippen molar-refractivity contribution in [1.82, 2.24) is 5.06 Å². The number of carbonyl (C=O) groups excluding carboxylic acids is 2. The van der Waals surface area contributed by atoms with E-state index in [1.54, 1.807) is 30.3 Å². The summed E-state index contributed by atoms with van der Waals surface area (Å²) >= 11 is 0. The number of imide groups is 1. The van der Waals surface area contributed by atoms with Gasteiger partial charge in [0, 0.05) is 11.8 Å². The molecule has 0 saturated carbocycles. The molecule has 0 fully saturated rings. The molecule has 1 N–H and O–H groups in total. The molecule has 0 spiro atoms. The zero-order chi connectivity index (χ0) is 35.2. The first-order valence-corrected chi connectivity index (χ1v) is 16.5. The van der Waals surface area contributed by atoms with Gasteiger partial charge in [-0.3, -0.25) is 14.8 Å². The van der Waals surface area contributed by atoms with E-state index >= 15 is 0 Å². The second-order valence-electron chi connectivity index (χ2n) is 11.9. The predicted molar refractivity (Wildman–Crippen MR) is 187 cm³/mol. The van der Waals surface area contributed by atoms with Crippen LogP contribution in [0.5, 0.6) is 11.5 Å². The van der Waals surface area contributed by atoms with E-state index in [0.717, 1.165) is 27.0 Å². The van der Waals surface area contributed by atoms with Crippen LogP contribution < -0.4 is 14.2 Å². The van der Waals surface area contributed by atoms with E-state index in [1.807, 2.05) is 121 Å². The highest BCUT2D eigenvalue weighted by Crippen LogP contribution is 2.39. The second kappa shape index (κ2) is 15.1. The van der Waals surface area contributed by atoms with Gasteiger partial charge in [0.25, 0.3) is 23.7 Å². The Labute approximate surface area is 295 Å². The summed E-state index contributed by atoms with van der Waals surface area (Å²) in [5, 5.41) is 12.3. The molecule has 9 heteroatoms. The molecule has 1 unspecified atom stereocenters. The van der Waals surface area contributed by atoms with Crippen molar-refractivity contribution in [2.75, 3.05) is 13.7 Å². The van der Waals surface area contributed by atoms with E-state index in [0.29, 0.717) is 5.06 Å². The van der Waals surface area contributed by atoms with Crippen molar-refractivity contribution in [3.63, 3.8) is 0 Å². The maximum atomic E-state index is 13.3. The van der Waals surface area contributed by atoms with Gasteiger partial charge in [0.05, 0.1) is 23.8 Å². The number of ether oxygens (including phenoxy) is 3. The van der Waals surface area contributed by atoms with Gasteiger partial charge in [0.1, 0.15) is 12.2 Å². The van der Waals surface area contributed by atoms with Crippen molar-refractivity contribution < 1.29 is 38.6 Å². The Morgan fingerprint density at radius 1 is 0.588 bits per heavy atom. The zero-order valence-electron chi connectivity index (χ0n) is 27.7. The number of fused-ring (bicyclic) bond motifs is 1. The number of hydrogen-bond acceptors (Lipinski definition) is 7. The SMILES string of the molecule is COCC(ON1C(=O)c2ccccc2C1=O)c1cc(OC(c2ccccc2)c2ccccc2)c(OC(c2ccccc2)c2ccccc2)c[n+]1O. The number of hydrogen-bond donors (Lipinski definition) is 1. The maximum Gasteiger partial charge on any atom is 0.285 e. The number of aromatic nitrogens is 1. The Hall–Kier alpha value is -6.29. The molecule has 2 amide bonds. The fourth-order valence-corrected chi connectivity index (χ4v) is 6.08. The number of carbonyl (C=O) groups is 2. The fraction of sp³-hybridized carbons (Fsp3) is 0.119. The van der Waals surface area contributed by atoms with E-state index in [2.05, 4.69) is 0 Å². The predicted octanol–water partition coefficient (Wildman–Crippen LogP) is 7.46. The van der Waals surface area contributed by atoms with Gasteiger partial charge in [-0.1, -0.05) is 133 Å². The first-order chi connectivity index (χ1) is 25.0. The number of rotatable bonds is 13. The molecule has 2 heterocycles. The van der Waals surface area contributed by atoms with E-state index < -0.39 is 30.1 Å². The average Bonchev–Trinajstić information content (AvgIpc) is 3.42. The van der Waals surface area contributed by atoms with Crippen LogP contribution in [-0.4, -0.2) is 35.8 Å². The molecule has 1 aliphatic rings. The topological polar surface area (TPSA) is 98.4 Å². The summed E-state index contributed by atoms with van der Waals surface area (Å²) in [6.07, 6.45) is -0.881. The van der Waals surface area contributed by atoms with Crippen molar-refractivity contribution in [2.45, 2.75) is 18.3 Å². The third-order valence-corrected chi connectivity index (χ3v) is 8.56. The van der Waals surface area contributed by atoms with Crippen molar-refractivity contribution in [3.8, 4) is 11.5 Å². The molecule has 7 rings (SSSR count). The molecule has 0 radical (unpaired) electrons. The normalized spacial score (nSPS) is 13.0. The van der Waals surface area contributed by atoms with Gasteiger partial charge >= 0.3 is 0 Å². The van der Waals surface area contributed by atoms with Crippen LogP contribution in [0.1, 0.15) is 67.0 Å². The van der Waals surface area contributed by atoms with Gasteiger partial charge in [-0.2, -0.15) is 0 Å². The summed E-state index contributed by atoms with van der Waals surface area (Å²) in [5.74, 6) is -0.719. The fourth-order valence-electron chi connectivity index (χ4n) is 6.08. The largest absolute Gasteiger partial charge is 0.477 e. The van der Waals surface area contributed by atoms with Gasteiger partial charge in [-0.05, 0) is 34.4 Å². The van der Waals surface area contributed by atoms with Crippen molar-refractivity contribution in [2.24, 2.45) is 0 Å². The lowest BCUT2D eigenvalue weighted by atomic mass is 10.0. The molecular weight excluding hydrogens is 644 g/mol. The number of pyridine rings is 1. The molecule has 1 aromatic heterocycles. The van der Waals surface area contributed by atoms with Crippen LogP contribution in [0, 0.1) is 0 Å². The molecular formula is C42H35N2O7+. The Bertz CT molecular complexity index is 2000. The molecule has 6 aromatic rings. The minimum atomic E-state index is -1.12. The van der Waals surface area contributed by atoms with Crippen LogP contribution >= 0.6 is 0 Å². The lowest BCUT2D eigenvalue weighted by Gasteiger charge is -2.25.